The molecule has 0 aromatic heterocycles. The molecule has 4 rings (SSSR count). The molecule has 0 saturated carbocycles. The summed E-state index contributed by atoms with van der Waals surface area (Å²) >= 11 is 12.9. The van der Waals surface area contributed by atoms with Gasteiger partial charge in [-0.3, -0.25) is 4.79 Å². The lowest BCUT2D eigenvalue weighted by molar-refractivity contribution is -0.116. The lowest BCUT2D eigenvalue weighted by atomic mass is 9.76. The van der Waals surface area contributed by atoms with E-state index in [-0.39, 0.29) is 12.4 Å². The van der Waals surface area contributed by atoms with Crippen molar-refractivity contribution < 1.29 is 14.3 Å². The zero-order valence-electron chi connectivity index (χ0n) is 18.3. The number of Topliss-reactive ketones (excluding diaryl/α,β-unsaturated/α-hetero) is 1. The molecule has 0 saturated heterocycles. The Bertz CT molecular complexity index is 1230. The minimum Gasteiger partial charge on any atom is -0.493 e. The Balaban J connectivity index is 1.77. The molecule has 1 atom stereocenters. The second-order valence-electron chi connectivity index (χ2n) is 7.95. The van der Waals surface area contributed by atoms with Crippen LogP contribution in [0.5, 0.6) is 11.5 Å². The molecule has 2 aromatic carbocycles. The molecule has 0 amide bonds. The second-order valence-corrected chi connectivity index (χ2v) is 8.77. The number of carbonyl (C=O) groups is 1. The summed E-state index contributed by atoms with van der Waals surface area (Å²) in [6, 6.07) is 13.0. The molecule has 33 heavy (non-hydrogen) atoms. The predicted molar refractivity (Wildman–Crippen MR) is 127 cm³/mol. The molecular formula is C25H23Cl2N3O3. The highest BCUT2D eigenvalue weighted by atomic mass is 35.5. The van der Waals surface area contributed by atoms with Crippen molar-refractivity contribution in [2.45, 2.75) is 31.8 Å². The van der Waals surface area contributed by atoms with Crippen LogP contribution in [-0.2, 0) is 11.4 Å². The van der Waals surface area contributed by atoms with Gasteiger partial charge < -0.3 is 20.1 Å². The van der Waals surface area contributed by atoms with Crippen LogP contribution in [-0.4, -0.2) is 24.8 Å². The van der Waals surface area contributed by atoms with E-state index in [0.717, 1.165) is 24.1 Å². The van der Waals surface area contributed by atoms with Gasteiger partial charge in [0.05, 0.1) is 29.7 Å². The molecular weight excluding hydrogens is 461 g/mol. The number of allylic oxidation sites excluding steroid dienone is 3. The Morgan fingerprint density at radius 1 is 1.21 bits per heavy atom. The number of carbonyl (C=O) groups excluding carboxylic acids is 1. The van der Waals surface area contributed by atoms with E-state index in [9.17, 15) is 10.1 Å². The number of halogens is 2. The first-order valence-corrected chi connectivity index (χ1v) is 11.3. The lowest BCUT2D eigenvalue weighted by Crippen LogP contribution is -2.36. The number of benzene rings is 2. The summed E-state index contributed by atoms with van der Waals surface area (Å²) in [6.45, 7) is 0.202. The van der Waals surface area contributed by atoms with Crippen LogP contribution in [0.25, 0.3) is 0 Å². The molecule has 1 aliphatic heterocycles. The summed E-state index contributed by atoms with van der Waals surface area (Å²) in [4.78, 5) is 14.7. The van der Waals surface area contributed by atoms with Crippen molar-refractivity contribution in [3.05, 3.63) is 80.2 Å². The fourth-order valence-corrected chi connectivity index (χ4v) is 4.87. The zero-order valence-corrected chi connectivity index (χ0v) is 19.8. The Hall–Kier alpha value is -3.14. The van der Waals surface area contributed by atoms with E-state index in [1.165, 1.54) is 7.11 Å². The average Bonchev–Trinajstić information content (AvgIpc) is 2.81. The lowest BCUT2D eigenvalue weighted by Gasteiger charge is -2.37. The van der Waals surface area contributed by atoms with Crippen molar-refractivity contribution in [2.75, 3.05) is 14.2 Å². The Morgan fingerprint density at radius 2 is 1.97 bits per heavy atom. The molecule has 0 bridgehead atoms. The van der Waals surface area contributed by atoms with Crippen LogP contribution in [0, 0.1) is 11.3 Å². The highest BCUT2D eigenvalue weighted by molar-refractivity contribution is 6.32. The molecule has 0 fully saturated rings. The maximum absolute atomic E-state index is 13.0. The smallest absolute Gasteiger partial charge is 0.180 e. The number of methoxy groups -OCH3 is 1. The minimum absolute atomic E-state index is 0.0162. The largest absolute Gasteiger partial charge is 0.493 e. The van der Waals surface area contributed by atoms with Gasteiger partial charge in [0.1, 0.15) is 12.4 Å². The normalized spacial score (nSPS) is 18.2. The van der Waals surface area contributed by atoms with E-state index in [2.05, 4.69) is 6.07 Å². The number of nitriles is 1. The molecule has 2 aromatic rings. The SMILES string of the molecule is COc1cc([C@@H]2C(C#N)=C(N)N(C)C3=C2C(=O)CCC3)cc(Cl)c1OCc1ccccc1Cl. The van der Waals surface area contributed by atoms with Gasteiger partial charge in [-0.05, 0) is 36.6 Å². The van der Waals surface area contributed by atoms with Gasteiger partial charge in [-0.15, -0.1) is 0 Å². The molecule has 8 heteroatoms. The maximum Gasteiger partial charge on any atom is 0.180 e. The van der Waals surface area contributed by atoms with Crippen molar-refractivity contribution in [3.63, 3.8) is 0 Å². The summed E-state index contributed by atoms with van der Waals surface area (Å²) in [5, 5.41) is 10.8. The van der Waals surface area contributed by atoms with E-state index in [0.29, 0.717) is 50.5 Å². The highest BCUT2D eigenvalue weighted by Crippen LogP contribution is 2.47. The monoisotopic (exact) mass is 483 g/mol. The highest BCUT2D eigenvalue weighted by Gasteiger charge is 2.39. The number of ketones is 1. The standard InChI is InChI=1S/C25H23Cl2N3O3/c1-30-19-8-5-9-20(31)23(19)22(16(12-28)25(30)29)15-10-18(27)24(21(11-15)32-2)33-13-14-6-3-4-7-17(14)26/h3-4,6-7,10-11,22H,5,8-9,13,29H2,1-2H3/t22-/m1/s1. The molecule has 170 valence electrons. The third kappa shape index (κ3) is 4.15. The molecule has 0 spiro atoms. The maximum atomic E-state index is 13.0. The van der Waals surface area contributed by atoms with Crippen molar-refractivity contribution >= 4 is 29.0 Å². The first-order chi connectivity index (χ1) is 15.9. The van der Waals surface area contributed by atoms with E-state index >= 15 is 0 Å². The van der Waals surface area contributed by atoms with E-state index in [4.69, 9.17) is 38.4 Å². The van der Waals surface area contributed by atoms with Crippen LogP contribution in [0.1, 0.15) is 36.3 Å². The fourth-order valence-electron chi connectivity index (χ4n) is 4.41. The van der Waals surface area contributed by atoms with Crippen LogP contribution in [0.15, 0.2) is 59.1 Å². The first-order valence-electron chi connectivity index (χ1n) is 10.5. The fraction of sp³-hybridized carbons (Fsp3) is 0.280. The van der Waals surface area contributed by atoms with Gasteiger partial charge in [0.25, 0.3) is 0 Å². The minimum atomic E-state index is -0.613. The number of ether oxygens (including phenoxy) is 2. The molecule has 2 aliphatic rings. The number of hydrogen-bond donors (Lipinski definition) is 1. The molecule has 2 N–H and O–H groups in total. The molecule has 6 nitrogen and oxygen atoms in total. The van der Waals surface area contributed by atoms with Gasteiger partial charge in [-0.25, -0.2) is 0 Å². The van der Waals surface area contributed by atoms with E-state index in [1.54, 1.807) is 30.1 Å². The Morgan fingerprint density at radius 3 is 2.67 bits per heavy atom. The number of nitrogens with zero attached hydrogens (tertiary/aromatic N) is 2. The first kappa shape index (κ1) is 23.0. The van der Waals surface area contributed by atoms with Crippen molar-refractivity contribution in [3.8, 4) is 17.6 Å². The molecule has 1 heterocycles. The van der Waals surface area contributed by atoms with Crippen molar-refractivity contribution in [2.24, 2.45) is 5.73 Å². The average molecular weight is 484 g/mol. The van der Waals surface area contributed by atoms with Gasteiger partial charge in [-0.2, -0.15) is 5.26 Å². The summed E-state index contributed by atoms with van der Waals surface area (Å²) in [5.41, 5.74) is 9.53. The van der Waals surface area contributed by atoms with Gasteiger partial charge in [0.15, 0.2) is 17.3 Å². The third-order valence-electron chi connectivity index (χ3n) is 6.08. The summed E-state index contributed by atoms with van der Waals surface area (Å²) < 4.78 is 11.5. The van der Waals surface area contributed by atoms with Crippen LogP contribution in [0.2, 0.25) is 10.0 Å². The van der Waals surface area contributed by atoms with Crippen molar-refractivity contribution in [1.29, 1.82) is 5.26 Å². The second kappa shape index (κ2) is 9.38. The zero-order chi connectivity index (χ0) is 23.7. The molecule has 0 unspecified atom stereocenters. The van der Waals surface area contributed by atoms with Crippen LogP contribution in [0.4, 0.5) is 0 Å². The number of nitrogens with two attached hydrogens (primary N) is 1. The van der Waals surface area contributed by atoms with Gasteiger partial charge >= 0.3 is 0 Å². The Labute approximate surface area is 202 Å². The van der Waals surface area contributed by atoms with Crippen LogP contribution < -0.4 is 15.2 Å². The van der Waals surface area contributed by atoms with E-state index in [1.807, 2.05) is 18.2 Å². The quantitative estimate of drug-likeness (QED) is 0.619. The number of rotatable bonds is 5. The van der Waals surface area contributed by atoms with Gasteiger partial charge in [0, 0.05) is 35.3 Å². The molecule has 0 radical (unpaired) electrons. The van der Waals surface area contributed by atoms with Gasteiger partial charge in [0.2, 0.25) is 0 Å². The summed E-state index contributed by atoms with van der Waals surface area (Å²) in [6.07, 6.45) is 1.91. The summed E-state index contributed by atoms with van der Waals surface area (Å²) in [5.74, 6) is 0.491. The molecule has 1 aliphatic carbocycles. The Kier molecular flexibility index (Phi) is 6.55. The van der Waals surface area contributed by atoms with Gasteiger partial charge in [-0.1, -0.05) is 41.4 Å². The number of hydrogen-bond acceptors (Lipinski definition) is 6. The van der Waals surface area contributed by atoms with Crippen molar-refractivity contribution in [1.82, 2.24) is 4.90 Å². The van der Waals surface area contributed by atoms with E-state index < -0.39 is 5.92 Å². The van der Waals surface area contributed by atoms with Crippen LogP contribution in [0.3, 0.4) is 0 Å². The summed E-state index contributed by atoms with van der Waals surface area (Å²) in [7, 11) is 3.30. The topological polar surface area (TPSA) is 88.6 Å². The third-order valence-corrected chi connectivity index (χ3v) is 6.73. The van der Waals surface area contributed by atoms with Crippen LogP contribution >= 0.6 is 23.2 Å². The predicted octanol–water partition coefficient (Wildman–Crippen LogP) is 5.31.